The largest absolute Gasteiger partial charge is 0.496 e. The molecule has 0 bridgehead atoms. The minimum absolute atomic E-state index is 0.203. The van der Waals surface area contributed by atoms with Crippen LogP contribution in [0.1, 0.15) is 18.1 Å². The molecular weight excluding hydrogens is 314 g/mol. The highest BCUT2D eigenvalue weighted by atomic mass is 32.2. The molecule has 0 aliphatic heterocycles. The van der Waals surface area contributed by atoms with Crippen molar-refractivity contribution in [3.63, 3.8) is 0 Å². The van der Waals surface area contributed by atoms with Crippen LogP contribution in [0, 0.1) is 6.92 Å². The minimum Gasteiger partial charge on any atom is -0.496 e. The zero-order chi connectivity index (χ0) is 16.9. The molecule has 0 fully saturated rings. The SMILES string of the molecule is CCOc1cccc(CNS(=O)(=O)c2ccc(OC)c(C)c2)c1. The average molecular weight is 335 g/mol. The van der Waals surface area contributed by atoms with Crippen LogP contribution in [0.4, 0.5) is 0 Å². The molecule has 0 radical (unpaired) electrons. The summed E-state index contributed by atoms with van der Waals surface area (Å²) in [4.78, 5) is 0.219. The Kier molecular flexibility index (Phi) is 5.63. The quantitative estimate of drug-likeness (QED) is 0.845. The number of rotatable bonds is 7. The number of aryl methyl sites for hydroxylation is 1. The monoisotopic (exact) mass is 335 g/mol. The van der Waals surface area contributed by atoms with Gasteiger partial charge in [0, 0.05) is 6.54 Å². The Morgan fingerprint density at radius 3 is 2.57 bits per heavy atom. The molecule has 0 saturated heterocycles. The maximum atomic E-state index is 12.4. The van der Waals surface area contributed by atoms with Gasteiger partial charge in [-0.1, -0.05) is 12.1 Å². The van der Waals surface area contributed by atoms with Gasteiger partial charge in [0.2, 0.25) is 10.0 Å². The summed E-state index contributed by atoms with van der Waals surface area (Å²) in [6.45, 7) is 4.49. The van der Waals surface area contributed by atoms with Gasteiger partial charge in [-0.2, -0.15) is 0 Å². The third-order valence-corrected chi connectivity index (χ3v) is 4.75. The Morgan fingerprint density at radius 2 is 1.91 bits per heavy atom. The Balaban J connectivity index is 2.12. The molecule has 0 aromatic heterocycles. The Bertz CT molecular complexity index is 772. The predicted molar refractivity (Wildman–Crippen MR) is 89.4 cm³/mol. The molecule has 2 rings (SSSR count). The normalized spacial score (nSPS) is 11.3. The molecule has 124 valence electrons. The zero-order valence-corrected chi connectivity index (χ0v) is 14.3. The first kappa shape index (κ1) is 17.3. The van der Waals surface area contributed by atoms with E-state index in [-0.39, 0.29) is 11.4 Å². The smallest absolute Gasteiger partial charge is 0.240 e. The summed E-state index contributed by atoms with van der Waals surface area (Å²) in [5.74, 6) is 1.39. The molecule has 2 aromatic rings. The van der Waals surface area contributed by atoms with Crippen molar-refractivity contribution in [2.45, 2.75) is 25.3 Å². The van der Waals surface area contributed by atoms with Crippen molar-refractivity contribution in [1.29, 1.82) is 0 Å². The van der Waals surface area contributed by atoms with E-state index in [4.69, 9.17) is 9.47 Å². The maximum absolute atomic E-state index is 12.4. The second-order valence-corrected chi connectivity index (χ2v) is 6.80. The van der Waals surface area contributed by atoms with Crippen LogP contribution < -0.4 is 14.2 Å². The van der Waals surface area contributed by atoms with Gasteiger partial charge in [-0.25, -0.2) is 13.1 Å². The third kappa shape index (κ3) is 4.46. The van der Waals surface area contributed by atoms with Crippen LogP contribution in [-0.2, 0) is 16.6 Å². The summed E-state index contributed by atoms with van der Waals surface area (Å²) < 4.78 is 37.9. The highest BCUT2D eigenvalue weighted by molar-refractivity contribution is 7.89. The van der Waals surface area contributed by atoms with Crippen LogP contribution in [0.5, 0.6) is 11.5 Å². The van der Waals surface area contributed by atoms with Gasteiger partial charge >= 0.3 is 0 Å². The van der Waals surface area contributed by atoms with Crippen LogP contribution in [0.25, 0.3) is 0 Å². The van der Waals surface area contributed by atoms with E-state index in [9.17, 15) is 8.42 Å². The van der Waals surface area contributed by atoms with E-state index < -0.39 is 10.0 Å². The van der Waals surface area contributed by atoms with Crippen LogP contribution in [0.15, 0.2) is 47.4 Å². The fourth-order valence-electron chi connectivity index (χ4n) is 2.19. The third-order valence-electron chi connectivity index (χ3n) is 3.35. The minimum atomic E-state index is -3.58. The van der Waals surface area contributed by atoms with E-state index in [1.807, 2.05) is 38.1 Å². The summed E-state index contributed by atoms with van der Waals surface area (Å²) in [6, 6.07) is 12.1. The maximum Gasteiger partial charge on any atom is 0.240 e. The second kappa shape index (κ2) is 7.48. The standard InChI is InChI=1S/C17H21NO4S/c1-4-22-15-7-5-6-14(11-15)12-18-23(19,20)16-8-9-17(21-3)13(2)10-16/h5-11,18H,4,12H2,1-3H3. The number of sulfonamides is 1. The summed E-state index contributed by atoms with van der Waals surface area (Å²) in [6.07, 6.45) is 0. The Labute approximate surface area is 137 Å². The fraction of sp³-hybridized carbons (Fsp3) is 0.294. The lowest BCUT2D eigenvalue weighted by atomic mass is 10.2. The summed E-state index contributed by atoms with van der Waals surface area (Å²) in [5.41, 5.74) is 1.61. The molecule has 0 atom stereocenters. The number of nitrogens with one attached hydrogen (secondary N) is 1. The van der Waals surface area contributed by atoms with E-state index in [0.717, 1.165) is 16.9 Å². The number of hydrogen-bond acceptors (Lipinski definition) is 4. The molecule has 0 aliphatic carbocycles. The molecule has 0 spiro atoms. The zero-order valence-electron chi connectivity index (χ0n) is 13.5. The van der Waals surface area contributed by atoms with Gasteiger partial charge in [0.05, 0.1) is 18.6 Å². The van der Waals surface area contributed by atoms with Crippen molar-refractivity contribution in [1.82, 2.24) is 4.72 Å². The van der Waals surface area contributed by atoms with E-state index >= 15 is 0 Å². The van der Waals surface area contributed by atoms with E-state index in [1.165, 1.54) is 6.07 Å². The first-order chi connectivity index (χ1) is 11.0. The molecule has 0 unspecified atom stereocenters. The van der Waals surface area contributed by atoms with Gasteiger partial charge < -0.3 is 9.47 Å². The predicted octanol–water partition coefficient (Wildman–Crippen LogP) is 2.88. The first-order valence-electron chi connectivity index (χ1n) is 7.32. The Morgan fingerprint density at radius 1 is 1.13 bits per heavy atom. The Hall–Kier alpha value is -2.05. The fourth-order valence-corrected chi connectivity index (χ4v) is 3.29. The summed E-state index contributed by atoms with van der Waals surface area (Å²) in [7, 11) is -2.02. The lowest BCUT2D eigenvalue weighted by Crippen LogP contribution is -2.23. The molecule has 2 aromatic carbocycles. The van der Waals surface area contributed by atoms with E-state index in [0.29, 0.717) is 12.4 Å². The van der Waals surface area contributed by atoms with E-state index in [1.54, 1.807) is 19.2 Å². The molecular formula is C17H21NO4S. The van der Waals surface area contributed by atoms with Crippen LogP contribution in [-0.4, -0.2) is 22.1 Å². The van der Waals surface area contributed by atoms with Gasteiger partial charge in [0.25, 0.3) is 0 Å². The van der Waals surface area contributed by atoms with Crippen molar-refractivity contribution in [2.75, 3.05) is 13.7 Å². The average Bonchev–Trinajstić information content (AvgIpc) is 2.54. The topological polar surface area (TPSA) is 64.6 Å². The van der Waals surface area contributed by atoms with Gasteiger partial charge in [-0.15, -0.1) is 0 Å². The highest BCUT2D eigenvalue weighted by Crippen LogP contribution is 2.21. The van der Waals surface area contributed by atoms with Gasteiger partial charge in [0.15, 0.2) is 0 Å². The number of hydrogen-bond donors (Lipinski definition) is 1. The number of ether oxygens (including phenoxy) is 2. The molecule has 1 N–H and O–H groups in total. The number of benzene rings is 2. The van der Waals surface area contributed by atoms with Gasteiger partial charge in [0.1, 0.15) is 11.5 Å². The molecule has 6 heteroatoms. The van der Waals surface area contributed by atoms with Crippen LogP contribution in [0.2, 0.25) is 0 Å². The number of methoxy groups -OCH3 is 1. The van der Waals surface area contributed by atoms with Crippen molar-refractivity contribution in [3.8, 4) is 11.5 Å². The van der Waals surface area contributed by atoms with Gasteiger partial charge in [-0.05, 0) is 55.3 Å². The first-order valence-corrected chi connectivity index (χ1v) is 8.80. The van der Waals surface area contributed by atoms with Crippen LogP contribution in [0.3, 0.4) is 0 Å². The van der Waals surface area contributed by atoms with Crippen molar-refractivity contribution >= 4 is 10.0 Å². The molecule has 0 amide bonds. The van der Waals surface area contributed by atoms with Crippen molar-refractivity contribution in [2.24, 2.45) is 0 Å². The molecule has 0 heterocycles. The molecule has 0 aliphatic rings. The van der Waals surface area contributed by atoms with Gasteiger partial charge in [-0.3, -0.25) is 0 Å². The lowest BCUT2D eigenvalue weighted by Gasteiger charge is -2.10. The van der Waals surface area contributed by atoms with E-state index in [2.05, 4.69) is 4.72 Å². The second-order valence-electron chi connectivity index (χ2n) is 5.04. The molecule has 23 heavy (non-hydrogen) atoms. The molecule has 5 nitrogen and oxygen atoms in total. The lowest BCUT2D eigenvalue weighted by molar-refractivity contribution is 0.340. The van der Waals surface area contributed by atoms with Crippen molar-refractivity contribution < 1.29 is 17.9 Å². The highest BCUT2D eigenvalue weighted by Gasteiger charge is 2.15. The summed E-state index contributed by atoms with van der Waals surface area (Å²) in [5, 5.41) is 0. The van der Waals surface area contributed by atoms with Crippen LogP contribution >= 0.6 is 0 Å². The van der Waals surface area contributed by atoms with Crippen molar-refractivity contribution in [3.05, 3.63) is 53.6 Å². The summed E-state index contributed by atoms with van der Waals surface area (Å²) >= 11 is 0. The molecule has 0 saturated carbocycles.